The number of likely N-dealkylation sites (tertiary alicyclic amines) is 4. The predicted octanol–water partition coefficient (Wildman–Crippen LogP) is 7.98. The van der Waals surface area contributed by atoms with E-state index in [4.69, 9.17) is 15.3 Å². The molecule has 0 spiro atoms. The minimum absolute atomic E-state index is 0. The summed E-state index contributed by atoms with van der Waals surface area (Å²) in [6, 6.07) is -1.05. The van der Waals surface area contributed by atoms with Crippen molar-refractivity contribution in [2.75, 3.05) is 26.2 Å². The molecule has 4 aliphatic heterocycles. The number of hydrogen-bond acceptors (Lipinski definition) is 8. The van der Waals surface area contributed by atoms with Crippen LogP contribution in [0.4, 0.5) is 4.39 Å². The summed E-state index contributed by atoms with van der Waals surface area (Å²) in [6.45, 7) is 31.5. The van der Waals surface area contributed by atoms with Gasteiger partial charge in [0.05, 0.1) is 6.04 Å². The fourth-order valence-corrected chi connectivity index (χ4v) is 8.12. The van der Waals surface area contributed by atoms with E-state index in [1.54, 1.807) is 6.92 Å². The van der Waals surface area contributed by atoms with Gasteiger partial charge < -0.3 is 15.3 Å². The molecule has 4 rings (SSSR count). The molecule has 5 unspecified atom stereocenters. The van der Waals surface area contributed by atoms with E-state index in [-0.39, 0.29) is 54.1 Å². The third kappa shape index (κ3) is 16.5. The summed E-state index contributed by atoms with van der Waals surface area (Å²) in [4.78, 5) is 52.7. The van der Waals surface area contributed by atoms with Gasteiger partial charge >= 0.3 is 17.9 Å². The van der Waals surface area contributed by atoms with Crippen molar-refractivity contribution in [2.45, 2.75) is 221 Å². The number of piperidine rings is 3. The van der Waals surface area contributed by atoms with Gasteiger partial charge in [-0.15, -0.1) is 0 Å². The zero-order valence-corrected chi connectivity index (χ0v) is 35.9. The number of rotatable bonds is 4. The van der Waals surface area contributed by atoms with Gasteiger partial charge in [-0.3, -0.25) is 38.8 Å². The van der Waals surface area contributed by atoms with Crippen LogP contribution < -0.4 is 0 Å². The molecule has 4 fully saturated rings. The van der Waals surface area contributed by atoms with Crippen LogP contribution in [-0.2, 0) is 19.2 Å². The largest absolute Gasteiger partial charge is 0.480 e. The van der Waals surface area contributed by atoms with Crippen molar-refractivity contribution in [1.29, 1.82) is 0 Å². The molecule has 0 amide bonds. The molecule has 4 aliphatic rings. The molecule has 12 heteroatoms. The van der Waals surface area contributed by atoms with Crippen molar-refractivity contribution in [3.8, 4) is 0 Å². The molecule has 3 N–H and O–H groups in total. The Morgan fingerprint density at radius 1 is 0.519 bits per heavy atom. The molecule has 0 aromatic rings. The lowest BCUT2D eigenvalue weighted by molar-refractivity contribution is -0.151. The van der Waals surface area contributed by atoms with Gasteiger partial charge in [0, 0.05) is 35.1 Å². The SMILES string of the molecule is C.CC(=O)C1CCCN1C(C)(C)C.CC(C)(C)N1CCCCC1C(=O)O.CC(C)(C)N1CCCCC1C(=O)O.CC1(F)CCN(C(C)(C)C)C(C(=O)O)C1. The standard InChI is InChI=1S/C11H20FNO2.2C10H19NO2.C10H19NO.CH4/c1-10(2,3)13-6-5-11(4,12)7-8(13)9(14)15;2*1-10(2,3)11-7-5-4-6-8(11)9(12)13;1-8(12)9-6-5-7-11(9)10(2,3)4;/h8H,5-7H2,1-4H3,(H,14,15);2*8H,4-7H2,1-3H3,(H,12,13);9H,5-7H2,1-4H3;1H4. The van der Waals surface area contributed by atoms with Gasteiger partial charge in [-0.2, -0.15) is 0 Å². The average molecular weight is 773 g/mol. The van der Waals surface area contributed by atoms with Crippen LogP contribution >= 0.6 is 0 Å². The summed E-state index contributed by atoms with van der Waals surface area (Å²) in [5.41, 5.74) is -1.47. The Balaban J connectivity index is 0.000000691. The highest BCUT2D eigenvalue weighted by Gasteiger charge is 2.44. The first kappa shape index (κ1) is 51.9. The van der Waals surface area contributed by atoms with Crippen molar-refractivity contribution in [1.82, 2.24) is 19.6 Å². The number of carboxylic acids is 3. The molecular weight excluding hydrogens is 691 g/mol. The van der Waals surface area contributed by atoms with Crippen molar-refractivity contribution in [3.05, 3.63) is 0 Å². The lowest BCUT2D eigenvalue weighted by Gasteiger charge is -2.46. The van der Waals surface area contributed by atoms with Crippen LogP contribution in [0.25, 0.3) is 0 Å². The van der Waals surface area contributed by atoms with E-state index >= 15 is 0 Å². The molecule has 0 saturated carbocycles. The smallest absolute Gasteiger partial charge is 0.321 e. The third-order valence-corrected chi connectivity index (χ3v) is 10.9. The third-order valence-electron chi connectivity index (χ3n) is 10.9. The second-order valence-electron chi connectivity index (χ2n) is 19.6. The highest BCUT2D eigenvalue weighted by molar-refractivity contribution is 5.81. The maximum absolute atomic E-state index is 13.8. The number of nitrogens with zero attached hydrogens (tertiary/aromatic N) is 4. The van der Waals surface area contributed by atoms with Crippen molar-refractivity contribution in [2.24, 2.45) is 0 Å². The molecule has 0 radical (unpaired) electrons. The maximum atomic E-state index is 13.8. The van der Waals surface area contributed by atoms with Gasteiger partial charge in [0.1, 0.15) is 29.6 Å². The van der Waals surface area contributed by atoms with Gasteiger partial charge in [-0.05, 0) is 162 Å². The molecule has 0 aromatic heterocycles. The van der Waals surface area contributed by atoms with Gasteiger partial charge in [-0.1, -0.05) is 20.3 Å². The predicted molar refractivity (Wildman–Crippen MR) is 217 cm³/mol. The normalized spacial score (nSPS) is 27.8. The lowest BCUT2D eigenvalue weighted by atomic mass is 9.86. The molecule has 0 aromatic carbocycles. The van der Waals surface area contributed by atoms with E-state index in [1.165, 1.54) is 13.3 Å². The van der Waals surface area contributed by atoms with Crippen LogP contribution in [0.15, 0.2) is 0 Å². The van der Waals surface area contributed by atoms with Gasteiger partial charge in [-0.25, -0.2) is 4.39 Å². The summed E-state index contributed by atoms with van der Waals surface area (Å²) in [5.74, 6) is -1.94. The Kier molecular flexibility index (Phi) is 20.0. The van der Waals surface area contributed by atoms with E-state index in [0.717, 1.165) is 64.6 Å². The van der Waals surface area contributed by atoms with Crippen molar-refractivity contribution >= 4 is 23.7 Å². The van der Waals surface area contributed by atoms with Gasteiger partial charge in [0.2, 0.25) is 0 Å². The molecule has 54 heavy (non-hydrogen) atoms. The number of hydrogen-bond donors (Lipinski definition) is 3. The molecular formula is C42H81FN4O7. The Labute approximate surface area is 328 Å². The molecule has 5 atom stereocenters. The van der Waals surface area contributed by atoms with Crippen LogP contribution in [0.3, 0.4) is 0 Å². The second-order valence-corrected chi connectivity index (χ2v) is 19.6. The van der Waals surface area contributed by atoms with Crippen LogP contribution in [0, 0.1) is 0 Å². The van der Waals surface area contributed by atoms with E-state index < -0.39 is 29.6 Å². The van der Waals surface area contributed by atoms with E-state index in [1.807, 2.05) is 25.7 Å². The number of carbonyl (C=O) groups is 4. The number of aliphatic carboxylic acids is 3. The Morgan fingerprint density at radius 3 is 1.09 bits per heavy atom. The summed E-state index contributed by atoms with van der Waals surface area (Å²) in [5, 5.41) is 27.2. The number of carbonyl (C=O) groups excluding carboxylic acids is 1. The van der Waals surface area contributed by atoms with E-state index in [9.17, 15) is 23.6 Å². The second kappa shape index (κ2) is 20.8. The number of alkyl halides is 1. The lowest BCUT2D eigenvalue weighted by Crippen LogP contribution is -2.58. The van der Waals surface area contributed by atoms with Gasteiger partial charge in [0.15, 0.2) is 0 Å². The monoisotopic (exact) mass is 773 g/mol. The maximum Gasteiger partial charge on any atom is 0.321 e. The molecule has 11 nitrogen and oxygen atoms in total. The first-order valence-electron chi connectivity index (χ1n) is 19.9. The summed E-state index contributed by atoms with van der Waals surface area (Å²) >= 11 is 0. The Bertz CT molecular complexity index is 1150. The molecule has 4 heterocycles. The number of ketones is 1. The Hall–Kier alpha value is -2.15. The van der Waals surface area contributed by atoms with Crippen LogP contribution in [-0.4, -0.2) is 137 Å². The van der Waals surface area contributed by atoms with Crippen LogP contribution in [0.2, 0.25) is 0 Å². The fourth-order valence-electron chi connectivity index (χ4n) is 8.12. The minimum Gasteiger partial charge on any atom is -0.480 e. The summed E-state index contributed by atoms with van der Waals surface area (Å²) < 4.78 is 13.8. The zero-order valence-electron chi connectivity index (χ0n) is 35.9. The molecule has 4 saturated heterocycles. The molecule has 318 valence electrons. The van der Waals surface area contributed by atoms with Crippen LogP contribution in [0.1, 0.15) is 169 Å². The Morgan fingerprint density at radius 2 is 0.815 bits per heavy atom. The number of Topliss-reactive ketones (excluding diaryl/α,β-unsaturated/α-hetero) is 1. The fraction of sp³-hybridized carbons (Fsp3) is 0.905. The first-order valence-corrected chi connectivity index (χ1v) is 19.9. The number of carboxylic acid groups (broad SMARTS) is 3. The first-order chi connectivity index (χ1) is 23.9. The molecule has 0 bridgehead atoms. The zero-order chi connectivity index (χ0) is 41.3. The molecule has 0 aliphatic carbocycles. The van der Waals surface area contributed by atoms with Gasteiger partial charge in [0.25, 0.3) is 0 Å². The van der Waals surface area contributed by atoms with E-state index in [0.29, 0.717) is 18.7 Å². The minimum atomic E-state index is -1.34. The average Bonchev–Trinajstić information content (AvgIpc) is 3.52. The summed E-state index contributed by atoms with van der Waals surface area (Å²) in [7, 11) is 0. The van der Waals surface area contributed by atoms with E-state index in [2.05, 4.69) is 77.0 Å². The number of halogens is 1. The van der Waals surface area contributed by atoms with Crippen LogP contribution in [0.5, 0.6) is 0 Å². The quantitative estimate of drug-likeness (QED) is 0.256. The summed E-state index contributed by atoms with van der Waals surface area (Å²) in [6.07, 6.45) is 8.65. The highest BCUT2D eigenvalue weighted by Crippen LogP contribution is 2.34. The highest BCUT2D eigenvalue weighted by atomic mass is 19.1. The topological polar surface area (TPSA) is 142 Å². The van der Waals surface area contributed by atoms with Crippen molar-refractivity contribution in [3.63, 3.8) is 0 Å². The van der Waals surface area contributed by atoms with Crippen molar-refractivity contribution < 1.29 is 38.9 Å².